The van der Waals surface area contributed by atoms with Gasteiger partial charge in [0.2, 0.25) is 0 Å². The van der Waals surface area contributed by atoms with Crippen LogP contribution >= 0.6 is 12.4 Å². The first-order valence-corrected chi connectivity index (χ1v) is 9.73. The molecule has 0 bridgehead atoms. The molecular weight excluding hydrogens is 424 g/mol. The van der Waals surface area contributed by atoms with Gasteiger partial charge in [-0.25, -0.2) is 18.4 Å². The minimum Gasteiger partial charge on any atom is -0.384 e. The third kappa shape index (κ3) is 5.36. The highest BCUT2D eigenvalue weighted by Gasteiger charge is 2.17. The zero-order valence-electron chi connectivity index (χ0n) is 17.1. The number of nitrogens with zero attached hydrogens (tertiary/aromatic N) is 6. The number of halogens is 3. The lowest BCUT2D eigenvalue weighted by Crippen LogP contribution is -2.46. The van der Waals surface area contributed by atoms with E-state index >= 15 is 0 Å². The lowest BCUT2D eigenvalue weighted by molar-refractivity contribution is 0.284. The summed E-state index contributed by atoms with van der Waals surface area (Å²) in [7, 11) is 0. The fourth-order valence-corrected chi connectivity index (χ4v) is 3.49. The van der Waals surface area contributed by atoms with Crippen molar-refractivity contribution in [3.05, 3.63) is 65.6 Å². The predicted octanol–water partition coefficient (Wildman–Crippen LogP) is 3.09. The van der Waals surface area contributed by atoms with E-state index in [2.05, 4.69) is 26.0 Å². The van der Waals surface area contributed by atoms with Crippen LogP contribution in [0.15, 0.2) is 42.7 Å². The third-order valence-electron chi connectivity index (χ3n) is 5.15. The van der Waals surface area contributed by atoms with Crippen molar-refractivity contribution in [1.82, 2.24) is 24.6 Å². The summed E-state index contributed by atoms with van der Waals surface area (Å²) in [4.78, 5) is 12.7. The first-order valence-electron chi connectivity index (χ1n) is 9.73. The van der Waals surface area contributed by atoms with E-state index < -0.39 is 11.6 Å². The summed E-state index contributed by atoms with van der Waals surface area (Å²) in [6.45, 7) is 5.82. The van der Waals surface area contributed by atoms with Crippen LogP contribution < -0.4 is 10.6 Å². The monoisotopic (exact) mass is 447 g/mol. The Labute approximate surface area is 185 Å². The van der Waals surface area contributed by atoms with Crippen LogP contribution in [0, 0.1) is 18.6 Å². The molecule has 4 rings (SSSR count). The maximum atomic E-state index is 13.4. The Bertz CT molecular complexity index is 1040. The fraction of sp³-hybridized carbons (Fsp3) is 0.286. The van der Waals surface area contributed by atoms with Crippen molar-refractivity contribution in [2.75, 3.05) is 43.4 Å². The summed E-state index contributed by atoms with van der Waals surface area (Å²) in [6.07, 6.45) is 7.49. The molecule has 0 aliphatic carbocycles. The van der Waals surface area contributed by atoms with E-state index in [1.807, 2.05) is 17.9 Å². The van der Waals surface area contributed by atoms with Gasteiger partial charge < -0.3 is 10.6 Å². The molecule has 31 heavy (non-hydrogen) atoms. The van der Waals surface area contributed by atoms with Gasteiger partial charge in [-0.1, -0.05) is 12.2 Å². The zero-order chi connectivity index (χ0) is 21.1. The van der Waals surface area contributed by atoms with E-state index in [4.69, 9.17) is 5.73 Å². The van der Waals surface area contributed by atoms with Crippen molar-refractivity contribution in [3.8, 4) is 5.95 Å². The molecule has 1 aromatic carbocycles. The normalized spacial score (nSPS) is 14.7. The standard InChI is InChI=1S/C21H23F2N7.ClH/c1-15-16(14-26-30(15)21-25-5-4-20(24)27-21)3-2-6-28-7-9-29(10-8-28)19-12-17(22)11-18(23)13-19;/h2-5,11-14H,6-10H2,1H3,(H2,24,25,27);1H/b3-2+;. The zero-order valence-corrected chi connectivity index (χ0v) is 17.9. The van der Waals surface area contributed by atoms with Gasteiger partial charge in [-0.3, -0.25) is 4.90 Å². The number of aromatic nitrogens is 4. The van der Waals surface area contributed by atoms with Crippen LogP contribution in [0.1, 0.15) is 11.3 Å². The van der Waals surface area contributed by atoms with Crippen LogP contribution in [0.4, 0.5) is 20.3 Å². The Balaban J connectivity index is 0.00000272. The van der Waals surface area contributed by atoms with Crippen molar-refractivity contribution in [2.45, 2.75) is 6.92 Å². The van der Waals surface area contributed by atoms with Gasteiger partial charge >= 0.3 is 0 Å². The second kappa shape index (κ2) is 9.84. The number of nitrogen functional groups attached to an aromatic ring is 1. The number of rotatable bonds is 5. The molecular formula is C21H24ClF2N7. The van der Waals surface area contributed by atoms with Gasteiger partial charge in [-0.2, -0.15) is 10.1 Å². The van der Waals surface area contributed by atoms with Crippen molar-refractivity contribution in [3.63, 3.8) is 0 Å². The Morgan fingerprint density at radius 2 is 1.81 bits per heavy atom. The summed E-state index contributed by atoms with van der Waals surface area (Å²) >= 11 is 0. The molecule has 1 aliphatic rings. The third-order valence-corrected chi connectivity index (χ3v) is 5.15. The second-order valence-corrected chi connectivity index (χ2v) is 7.20. The van der Waals surface area contributed by atoms with Gasteiger partial charge in [0.25, 0.3) is 5.95 Å². The van der Waals surface area contributed by atoms with E-state index in [1.54, 1.807) is 23.1 Å². The van der Waals surface area contributed by atoms with E-state index in [1.165, 1.54) is 12.1 Å². The molecule has 164 valence electrons. The van der Waals surface area contributed by atoms with E-state index in [0.29, 0.717) is 17.5 Å². The number of piperazine rings is 1. The second-order valence-electron chi connectivity index (χ2n) is 7.20. The molecule has 3 aromatic rings. The van der Waals surface area contributed by atoms with Crippen molar-refractivity contribution < 1.29 is 8.78 Å². The molecule has 0 saturated carbocycles. The van der Waals surface area contributed by atoms with Crippen LogP contribution in [-0.4, -0.2) is 57.4 Å². The molecule has 0 atom stereocenters. The van der Waals surface area contributed by atoms with Gasteiger partial charge in [-0.15, -0.1) is 12.4 Å². The largest absolute Gasteiger partial charge is 0.384 e. The van der Waals surface area contributed by atoms with Crippen LogP contribution in [-0.2, 0) is 0 Å². The fourth-order valence-electron chi connectivity index (χ4n) is 3.49. The molecule has 1 aliphatic heterocycles. The van der Waals surface area contributed by atoms with Gasteiger partial charge in [-0.05, 0) is 25.1 Å². The summed E-state index contributed by atoms with van der Waals surface area (Å²) in [5, 5.41) is 4.35. The number of hydrogen-bond acceptors (Lipinski definition) is 6. The maximum Gasteiger partial charge on any atom is 0.252 e. The lowest BCUT2D eigenvalue weighted by Gasteiger charge is -2.35. The average molecular weight is 448 g/mol. The van der Waals surface area contributed by atoms with Gasteiger partial charge in [0, 0.05) is 56.2 Å². The highest BCUT2D eigenvalue weighted by atomic mass is 35.5. The van der Waals surface area contributed by atoms with E-state index in [0.717, 1.165) is 50.0 Å². The van der Waals surface area contributed by atoms with Gasteiger partial charge in [0.1, 0.15) is 17.5 Å². The first kappa shape index (κ1) is 22.6. The lowest BCUT2D eigenvalue weighted by atomic mass is 10.2. The minimum absolute atomic E-state index is 0. The Kier molecular flexibility index (Phi) is 7.19. The number of benzene rings is 1. The minimum atomic E-state index is -0.546. The predicted molar refractivity (Wildman–Crippen MR) is 120 cm³/mol. The summed E-state index contributed by atoms with van der Waals surface area (Å²) in [5.74, 6) is -0.256. The van der Waals surface area contributed by atoms with Gasteiger partial charge in [0.05, 0.1) is 11.9 Å². The molecule has 10 heteroatoms. The maximum absolute atomic E-state index is 13.4. The molecule has 2 aromatic heterocycles. The molecule has 1 fully saturated rings. The van der Waals surface area contributed by atoms with Crippen LogP contribution in [0.3, 0.4) is 0 Å². The molecule has 0 radical (unpaired) electrons. The Morgan fingerprint density at radius 1 is 1.10 bits per heavy atom. The number of anilines is 2. The molecule has 0 amide bonds. The molecule has 1 saturated heterocycles. The molecule has 0 spiro atoms. The molecule has 2 N–H and O–H groups in total. The van der Waals surface area contributed by atoms with Crippen molar-refractivity contribution in [1.29, 1.82) is 0 Å². The summed E-state index contributed by atoms with van der Waals surface area (Å²) in [6, 6.07) is 5.29. The van der Waals surface area contributed by atoms with Crippen LogP contribution in [0.2, 0.25) is 0 Å². The number of nitrogens with two attached hydrogens (primary N) is 1. The molecule has 7 nitrogen and oxygen atoms in total. The summed E-state index contributed by atoms with van der Waals surface area (Å²) < 4.78 is 28.5. The van der Waals surface area contributed by atoms with Crippen molar-refractivity contribution >= 4 is 30.0 Å². The highest BCUT2D eigenvalue weighted by Crippen LogP contribution is 2.20. The summed E-state index contributed by atoms with van der Waals surface area (Å²) in [5.41, 5.74) is 8.22. The average Bonchev–Trinajstić information content (AvgIpc) is 3.08. The number of hydrogen-bond donors (Lipinski definition) is 1. The Hall–Kier alpha value is -3.04. The topological polar surface area (TPSA) is 76.1 Å². The molecule has 3 heterocycles. The van der Waals surface area contributed by atoms with E-state index in [9.17, 15) is 8.78 Å². The highest BCUT2D eigenvalue weighted by molar-refractivity contribution is 5.85. The quantitative estimate of drug-likeness (QED) is 0.647. The first-order chi connectivity index (χ1) is 14.5. The van der Waals surface area contributed by atoms with Crippen molar-refractivity contribution in [2.24, 2.45) is 0 Å². The van der Waals surface area contributed by atoms with Crippen LogP contribution in [0.5, 0.6) is 0 Å². The van der Waals surface area contributed by atoms with Crippen LogP contribution in [0.25, 0.3) is 12.0 Å². The molecule has 0 unspecified atom stereocenters. The smallest absolute Gasteiger partial charge is 0.252 e. The Morgan fingerprint density at radius 3 is 2.48 bits per heavy atom. The van der Waals surface area contributed by atoms with Gasteiger partial charge in [0.15, 0.2) is 0 Å². The van der Waals surface area contributed by atoms with E-state index in [-0.39, 0.29) is 12.4 Å². The SMILES string of the molecule is Cc1c(/C=C/CN2CCN(c3cc(F)cc(F)c3)CC2)cnn1-c1nccc(N)n1.Cl.